The predicted octanol–water partition coefficient (Wildman–Crippen LogP) is -4.89. The summed E-state index contributed by atoms with van der Waals surface area (Å²) in [5.74, 6) is -5.08. The van der Waals surface area contributed by atoms with E-state index >= 15 is 0 Å². The number of aliphatic hydroxyl groups is 7. The predicted molar refractivity (Wildman–Crippen MR) is 124 cm³/mol. The van der Waals surface area contributed by atoms with E-state index in [2.05, 4.69) is 5.32 Å². The van der Waals surface area contributed by atoms with Crippen molar-refractivity contribution in [2.75, 3.05) is 26.4 Å². The first-order valence-electron chi connectivity index (χ1n) is 12.4. The third-order valence-electron chi connectivity index (χ3n) is 6.47. The summed E-state index contributed by atoms with van der Waals surface area (Å²) in [6.45, 7) is 0.0571. The lowest BCUT2D eigenvalue weighted by Gasteiger charge is -2.47. The number of carboxylic acid groups (broad SMARTS) is 1. The molecular weight excluding hydrogens is 516 g/mol. The minimum Gasteiger partial charge on any atom is -0.477 e. The van der Waals surface area contributed by atoms with Gasteiger partial charge in [-0.1, -0.05) is 0 Å². The number of hydrogen-bond donors (Lipinski definition) is 10. The second-order valence-electron chi connectivity index (χ2n) is 9.42. The van der Waals surface area contributed by atoms with Crippen LogP contribution in [0, 0.1) is 0 Å². The van der Waals surface area contributed by atoms with Crippen LogP contribution in [0.15, 0.2) is 0 Å². The Labute approximate surface area is 218 Å². The number of nitrogens with one attached hydrogen (secondary N) is 1. The molecule has 0 radical (unpaired) electrons. The van der Waals surface area contributed by atoms with Gasteiger partial charge in [-0.25, -0.2) is 4.79 Å². The van der Waals surface area contributed by atoms with E-state index in [1.807, 2.05) is 0 Å². The van der Waals surface area contributed by atoms with E-state index in [1.165, 1.54) is 0 Å². The Balaban J connectivity index is 2.19. The molecule has 0 aromatic heterocycles. The van der Waals surface area contributed by atoms with Gasteiger partial charge < -0.3 is 70.9 Å². The molecule has 5 unspecified atom stereocenters. The molecule has 0 saturated carbocycles. The normalized spacial score (nSPS) is 37.4. The fraction of sp³-hybridized carbons (Fsp3) is 0.909. The highest BCUT2D eigenvalue weighted by molar-refractivity contribution is 5.76. The van der Waals surface area contributed by atoms with Crippen LogP contribution < -0.4 is 11.1 Å². The van der Waals surface area contributed by atoms with Gasteiger partial charge in [0.25, 0.3) is 5.79 Å². The lowest BCUT2D eigenvalue weighted by molar-refractivity contribution is -0.338. The first-order chi connectivity index (χ1) is 17.9. The zero-order chi connectivity index (χ0) is 28.6. The molecule has 2 fully saturated rings. The van der Waals surface area contributed by atoms with Gasteiger partial charge in [-0.3, -0.25) is 4.79 Å². The molecule has 0 aromatic rings. The molecule has 11 atom stereocenters. The Morgan fingerprint density at radius 2 is 1.79 bits per heavy atom. The second kappa shape index (κ2) is 14.7. The van der Waals surface area contributed by atoms with Gasteiger partial charge in [0, 0.05) is 20.0 Å². The second-order valence-corrected chi connectivity index (χ2v) is 9.42. The number of ether oxygens (including phenoxy) is 4. The minimum absolute atomic E-state index is 0.143. The highest BCUT2D eigenvalue weighted by atomic mass is 16.7. The van der Waals surface area contributed by atoms with E-state index in [1.54, 1.807) is 0 Å². The van der Waals surface area contributed by atoms with Crippen molar-refractivity contribution < 1.29 is 69.4 Å². The molecule has 0 bridgehead atoms. The monoisotopic (exact) mass is 556 g/mol. The molecular formula is C22H40N2O14. The van der Waals surface area contributed by atoms with Gasteiger partial charge in [0.15, 0.2) is 6.29 Å². The van der Waals surface area contributed by atoms with Gasteiger partial charge in [0.2, 0.25) is 5.91 Å². The summed E-state index contributed by atoms with van der Waals surface area (Å²) in [7, 11) is 0. The Morgan fingerprint density at radius 3 is 2.37 bits per heavy atom. The molecule has 1 amide bonds. The number of aliphatic carboxylic acids is 1. The zero-order valence-corrected chi connectivity index (χ0v) is 21.0. The number of hydrogen-bond acceptors (Lipinski definition) is 14. The molecule has 0 spiro atoms. The van der Waals surface area contributed by atoms with Crippen molar-refractivity contribution in [3.63, 3.8) is 0 Å². The summed E-state index contributed by atoms with van der Waals surface area (Å²) >= 11 is 0. The molecule has 16 heteroatoms. The van der Waals surface area contributed by atoms with Crippen LogP contribution in [-0.2, 0) is 28.5 Å². The van der Waals surface area contributed by atoms with Crippen molar-refractivity contribution in [1.82, 2.24) is 5.32 Å². The summed E-state index contributed by atoms with van der Waals surface area (Å²) in [6, 6.07) is -1.38. The van der Waals surface area contributed by atoms with Gasteiger partial charge in [-0.15, -0.1) is 0 Å². The molecule has 2 aliphatic heterocycles. The molecule has 38 heavy (non-hydrogen) atoms. The van der Waals surface area contributed by atoms with Crippen molar-refractivity contribution in [1.29, 1.82) is 0 Å². The van der Waals surface area contributed by atoms with Crippen LogP contribution in [0.2, 0.25) is 0 Å². The quantitative estimate of drug-likeness (QED) is 0.0898. The van der Waals surface area contributed by atoms with E-state index in [-0.39, 0.29) is 6.61 Å². The van der Waals surface area contributed by atoms with E-state index in [4.69, 9.17) is 24.7 Å². The molecule has 222 valence electrons. The van der Waals surface area contributed by atoms with E-state index in [0.717, 1.165) is 19.8 Å². The largest absolute Gasteiger partial charge is 0.477 e. The van der Waals surface area contributed by atoms with Crippen LogP contribution in [0.25, 0.3) is 0 Å². The number of amides is 1. The van der Waals surface area contributed by atoms with Gasteiger partial charge in [0.05, 0.1) is 25.4 Å². The van der Waals surface area contributed by atoms with Crippen molar-refractivity contribution in [2.45, 2.75) is 99.6 Å². The SMILES string of the molecule is CC(=O)N[C@@H]1C(O)C[C@](OCC2O[C@H](OCCCCCN)C(O)C(O)[C@H]2O)(C(=O)O)OC1[C@H](O)[C@H](O)CO. The number of carboxylic acids is 1. The van der Waals surface area contributed by atoms with Crippen molar-refractivity contribution >= 4 is 11.9 Å². The van der Waals surface area contributed by atoms with E-state index in [9.17, 15) is 50.4 Å². The fourth-order valence-electron chi connectivity index (χ4n) is 4.31. The summed E-state index contributed by atoms with van der Waals surface area (Å²) in [4.78, 5) is 23.9. The maximum absolute atomic E-state index is 12.3. The van der Waals surface area contributed by atoms with Crippen LogP contribution in [-0.4, -0.2) is 146 Å². The highest BCUT2D eigenvalue weighted by Gasteiger charge is 2.56. The average molecular weight is 557 g/mol. The van der Waals surface area contributed by atoms with Crippen molar-refractivity contribution in [2.24, 2.45) is 5.73 Å². The maximum Gasteiger partial charge on any atom is 0.364 e. The summed E-state index contributed by atoms with van der Waals surface area (Å²) in [5, 5.41) is 83.4. The zero-order valence-electron chi connectivity index (χ0n) is 21.0. The molecule has 2 rings (SSSR count). The minimum atomic E-state index is -2.67. The summed E-state index contributed by atoms with van der Waals surface area (Å²) < 4.78 is 21.9. The Morgan fingerprint density at radius 1 is 1.11 bits per heavy atom. The molecule has 0 aliphatic carbocycles. The van der Waals surface area contributed by atoms with E-state index < -0.39 is 98.5 Å². The first kappa shape index (κ1) is 32.7. The number of nitrogens with two attached hydrogens (primary N) is 1. The molecule has 16 nitrogen and oxygen atoms in total. The van der Waals surface area contributed by atoms with Crippen LogP contribution in [0.4, 0.5) is 0 Å². The van der Waals surface area contributed by atoms with Crippen molar-refractivity contribution in [3.8, 4) is 0 Å². The Bertz CT molecular complexity index is 762. The van der Waals surface area contributed by atoms with Crippen molar-refractivity contribution in [3.05, 3.63) is 0 Å². The van der Waals surface area contributed by atoms with Gasteiger partial charge in [-0.05, 0) is 25.8 Å². The molecule has 2 aliphatic rings. The number of carbonyl (C=O) groups is 2. The summed E-state index contributed by atoms with van der Waals surface area (Å²) in [5.41, 5.74) is 5.43. The molecule has 11 N–H and O–H groups in total. The lowest BCUT2D eigenvalue weighted by Crippen LogP contribution is -2.68. The topological polar surface area (TPSA) is 271 Å². The molecule has 2 saturated heterocycles. The van der Waals surface area contributed by atoms with Gasteiger partial charge in [0.1, 0.15) is 42.7 Å². The van der Waals surface area contributed by atoms with Crippen LogP contribution in [0.5, 0.6) is 0 Å². The van der Waals surface area contributed by atoms with Gasteiger partial charge >= 0.3 is 5.97 Å². The standard InChI is InChI=1S/C22H40N2O14/c1-10(26)24-14-11(27)7-22(21(33)34,38-19(14)15(29)12(28)8-25)36-9-13-16(30)17(31)18(32)20(37-13)35-6-4-2-3-5-23/h11-20,25,27-32H,2-9,23H2,1H3,(H,24,26)(H,33,34)/t11?,12-,13?,14-,15-,16+,17?,18?,19?,20+,22-/m1/s1. The highest BCUT2D eigenvalue weighted by Crippen LogP contribution is 2.34. The molecule has 0 aromatic carbocycles. The number of unbranched alkanes of at least 4 members (excludes halogenated alkanes) is 2. The first-order valence-corrected chi connectivity index (χ1v) is 12.4. The number of aliphatic hydroxyl groups excluding tert-OH is 7. The average Bonchev–Trinajstić information content (AvgIpc) is 2.87. The smallest absolute Gasteiger partial charge is 0.364 e. The van der Waals surface area contributed by atoms with Gasteiger partial charge in [-0.2, -0.15) is 0 Å². The Hall–Kier alpha value is -1.54. The lowest BCUT2D eigenvalue weighted by atomic mass is 9.88. The molecule has 2 heterocycles. The van der Waals surface area contributed by atoms with Crippen LogP contribution in [0.3, 0.4) is 0 Å². The number of carbonyl (C=O) groups excluding carboxylic acids is 1. The van der Waals surface area contributed by atoms with E-state index in [0.29, 0.717) is 13.0 Å². The van der Waals surface area contributed by atoms with Crippen LogP contribution >= 0.6 is 0 Å². The maximum atomic E-state index is 12.3. The van der Waals surface area contributed by atoms with Crippen LogP contribution in [0.1, 0.15) is 32.6 Å². The summed E-state index contributed by atoms with van der Waals surface area (Å²) in [6.07, 6.45) is -13.8. The fourth-order valence-corrected chi connectivity index (χ4v) is 4.31. The number of rotatable bonds is 14. The third-order valence-corrected chi connectivity index (χ3v) is 6.47. The third kappa shape index (κ3) is 8.00. The Kier molecular flexibility index (Phi) is 12.7.